The second kappa shape index (κ2) is 10.5. The third kappa shape index (κ3) is 6.62. The average Bonchev–Trinajstić information content (AvgIpc) is 3.18. The minimum absolute atomic E-state index is 0.0252. The Bertz CT molecular complexity index is 909. The zero-order valence-electron chi connectivity index (χ0n) is 16.2. The van der Waals surface area contributed by atoms with E-state index in [1.54, 1.807) is 11.3 Å². The number of benzene rings is 1. The van der Waals surface area contributed by atoms with Gasteiger partial charge in [0.1, 0.15) is 5.01 Å². The highest BCUT2D eigenvalue weighted by atomic mass is 32.2. The highest BCUT2D eigenvalue weighted by Crippen LogP contribution is 2.29. The molecule has 154 valence electrons. The maximum atomic E-state index is 12.7. The first-order chi connectivity index (χ1) is 14.0. The van der Waals surface area contributed by atoms with Crippen LogP contribution in [0, 0.1) is 5.92 Å². The molecule has 0 radical (unpaired) electrons. The summed E-state index contributed by atoms with van der Waals surface area (Å²) in [5.74, 6) is 0.187. The number of rotatable bonds is 9. The molecular formula is C21H25N3O3S2. The Morgan fingerprint density at radius 1 is 1.38 bits per heavy atom. The number of thiazole rings is 1. The molecule has 1 amide bonds. The molecule has 1 heterocycles. The average molecular weight is 432 g/mol. The molecule has 2 unspecified atom stereocenters. The summed E-state index contributed by atoms with van der Waals surface area (Å²) in [7, 11) is 0. The van der Waals surface area contributed by atoms with Crippen LogP contribution >= 0.6 is 11.3 Å². The fourth-order valence-corrected chi connectivity index (χ4v) is 4.53. The summed E-state index contributed by atoms with van der Waals surface area (Å²) >= 11 is -0.498. The van der Waals surface area contributed by atoms with Crippen LogP contribution in [-0.4, -0.2) is 19.7 Å². The Labute approximate surface area is 177 Å². The molecule has 8 heteroatoms. The van der Waals surface area contributed by atoms with Crippen molar-refractivity contribution in [3.05, 3.63) is 75.9 Å². The van der Waals surface area contributed by atoms with Crippen LogP contribution in [0.3, 0.4) is 0 Å². The van der Waals surface area contributed by atoms with Crippen molar-refractivity contribution >= 4 is 28.5 Å². The van der Waals surface area contributed by atoms with Gasteiger partial charge in [0.25, 0.3) is 11.3 Å². The highest BCUT2D eigenvalue weighted by Gasteiger charge is 2.22. The summed E-state index contributed by atoms with van der Waals surface area (Å²) in [6.45, 7) is 2.07. The minimum atomic E-state index is -2.08. The first-order valence-electron chi connectivity index (χ1n) is 9.57. The normalized spacial score (nSPS) is 18.0. The predicted octanol–water partition coefficient (Wildman–Crippen LogP) is 3.68. The number of aromatic nitrogens is 1. The number of nitrogens with zero attached hydrogens (tertiary/aromatic N) is 1. The summed E-state index contributed by atoms with van der Waals surface area (Å²) in [4.78, 5) is 17.3. The van der Waals surface area contributed by atoms with Crippen LogP contribution in [0.2, 0.25) is 0 Å². The van der Waals surface area contributed by atoms with E-state index < -0.39 is 11.3 Å². The Kier molecular flexibility index (Phi) is 7.74. The molecule has 6 nitrogen and oxygen atoms in total. The van der Waals surface area contributed by atoms with Crippen molar-refractivity contribution in [2.45, 2.75) is 38.6 Å². The first kappa shape index (κ1) is 21.4. The SMILES string of the molecule is CCc1csc([C@H](CC2C=CC(NS(=O)O)=CC2)NC(=O)Cc2ccccc2)n1. The van der Waals surface area contributed by atoms with E-state index in [-0.39, 0.29) is 17.9 Å². The Balaban J connectivity index is 1.67. The molecule has 0 bridgehead atoms. The second-order valence-electron chi connectivity index (χ2n) is 6.91. The summed E-state index contributed by atoms with van der Waals surface area (Å²) in [5.41, 5.74) is 2.64. The molecule has 0 aliphatic heterocycles. The molecule has 0 saturated carbocycles. The van der Waals surface area contributed by atoms with Gasteiger partial charge in [-0.25, -0.2) is 9.19 Å². The smallest absolute Gasteiger partial charge is 0.259 e. The quantitative estimate of drug-likeness (QED) is 0.528. The van der Waals surface area contributed by atoms with Crippen LogP contribution in [0.5, 0.6) is 0 Å². The van der Waals surface area contributed by atoms with Gasteiger partial charge in [-0.3, -0.25) is 14.1 Å². The van der Waals surface area contributed by atoms with Crippen LogP contribution < -0.4 is 10.0 Å². The summed E-state index contributed by atoms with van der Waals surface area (Å²) in [6, 6.07) is 9.52. The van der Waals surface area contributed by atoms with Gasteiger partial charge in [0, 0.05) is 11.1 Å². The lowest BCUT2D eigenvalue weighted by molar-refractivity contribution is -0.121. The van der Waals surface area contributed by atoms with Gasteiger partial charge in [0.05, 0.1) is 18.2 Å². The first-order valence-corrected chi connectivity index (χ1v) is 11.6. The van der Waals surface area contributed by atoms with Gasteiger partial charge >= 0.3 is 0 Å². The van der Waals surface area contributed by atoms with E-state index in [0.29, 0.717) is 12.1 Å². The number of nitrogens with one attached hydrogen (secondary N) is 2. The Morgan fingerprint density at radius 3 is 2.79 bits per heavy atom. The third-order valence-electron chi connectivity index (χ3n) is 4.70. The van der Waals surface area contributed by atoms with E-state index in [9.17, 15) is 9.00 Å². The molecule has 1 aliphatic rings. The lowest BCUT2D eigenvalue weighted by Gasteiger charge is -2.23. The van der Waals surface area contributed by atoms with Crippen LogP contribution in [0.15, 0.2) is 59.6 Å². The fourth-order valence-electron chi connectivity index (χ4n) is 3.21. The number of hydrogen-bond donors (Lipinski definition) is 3. The molecule has 3 rings (SSSR count). The van der Waals surface area contributed by atoms with Crippen LogP contribution in [0.25, 0.3) is 0 Å². The molecule has 1 aliphatic carbocycles. The van der Waals surface area contributed by atoms with E-state index in [4.69, 9.17) is 4.55 Å². The number of aryl methyl sites for hydroxylation is 1. The van der Waals surface area contributed by atoms with E-state index in [1.165, 1.54) is 0 Å². The van der Waals surface area contributed by atoms with Crippen molar-refractivity contribution in [1.29, 1.82) is 0 Å². The second-order valence-corrected chi connectivity index (χ2v) is 8.51. The molecular weight excluding hydrogens is 406 g/mol. The fraction of sp³-hybridized carbons (Fsp3) is 0.333. The topological polar surface area (TPSA) is 91.3 Å². The van der Waals surface area contributed by atoms with Gasteiger partial charge < -0.3 is 5.32 Å². The van der Waals surface area contributed by atoms with E-state index >= 15 is 0 Å². The van der Waals surface area contributed by atoms with Gasteiger partial charge in [-0.15, -0.1) is 11.3 Å². The third-order valence-corrected chi connectivity index (χ3v) is 6.12. The van der Waals surface area contributed by atoms with Gasteiger partial charge in [-0.2, -0.15) is 0 Å². The van der Waals surface area contributed by atoms with Crippen molar-refractivity contribution in [2.75, 3.05) is 0 Å². The van der Waals surface area contributed by atoms with E-state index in [1.807, 2.05) is 53.9 Å². The molecule has 1 aromatic carbocycles. The van der Waals surface area contributed by atoms with E-state index in [0.717, 1.165) is 35.5 Å². The standard InChI is InChI=1S/C21H25N3O3S2/c1-2-17-14-28-21(22-17)19(23-20(25)13-15-6-4-3-5-7-15)12-16-8-10-18(11-9-16)24-29(26)27/h3-8,10-11,14,16,19,24H,2,9,12-13H2,1H3,(H,23,25)(H,26,27)/t16?,19-/m0/s1. The van der Waals surface area contributed by atoms with Crippen LogP contribution in [0.4, 0.5) is 0 Å². The zero-order valence-corrected chi connectivity index (χ0v) is 17.8. The monoisotopic (exact) mass is 431 g/mol. The number of allylic oxidation sites excluding steroid dienone is 3. The van der Waals surface area contributed by atoms with Crippen molar-refractivity contribution in [3.8, 4) is 0 Å². The molecule has 3 N–H and O–H groups in total. The van der Waals surface area contributed by atoms with Crippen LogP contribution in [-0.2, 0) is 28.9 Å². The molecule has 29 heavy (non-hydrogen) atoms. The molecule has 0 saturated heterocycles. The number of carbonyl (C=O) groups is 1. The number of carbonyl (C=O) groups excluding carboxylic acids is 1. The van der Waals surface area contributed by atoms with Crippen molar-refractivity contribution in [3.63, 3.8) is 0 Å². The molecule has 3 atom stereocenters. The Morgan fingerprint density at radius 2 is 2.17 bits per heavy atom. The minimum Gasteiger partial charge on any atom is -0.347 e. The van der Waals surface area contributed by atoms with Crippen molar-refractivity contribution in [1.82, 2.24) is 15.0 Å². The maximum Gasteiger partial charge on any atom is 0.259 e. The summed E-state index contributed by atoms with van der Waals surface area (Å²) in [6.07, 6.45) is 8.37. The van der Waals surface area contributed by atoms with Gasteiger partial charge in [0.2, 0.25) is 5.91 Å². The number of amides is 1. The molecule has 0 spiro atoms. The summed E-state index contributed by atoms with van der Waals surface area (Å²) < 4.78 is 22.3. The largest absolute Gasteiger partial charge is 0.347 e. The van der Waals surface area contributed by atoms with Gasteiger partial charge in [-0.05, 0) is 36.8 Å². The van der Waals surface area contributed by atoms with Crippen molar-refractivity contribution in [2.24, 2.45) is 5.92 Å². The maximum absolute atomic E-state index is 12.7. The Hall–Kier alpha value is -2.29. The number of hydrogen-bond acceptors (Lipinski definition) is 4. The zero-order chi connectivity index (χ0) is 20.6. The van der Waals surface area contributed by atoms with Gasteiger partial charge in [-0.1, -0.05) is 49.4 Å². The predicted molar refractivity (Wildman–Crippen MR) is 116 cm³/mol. The molecule has 0 fully saturated rings. The highest BCUT2D eigenvalue weighted by molar-refractivity contribution is 7.77. The summed E-state index contributed by atoms with van der Waals surface area (Å²) in [5, 5.41) is 6.12. The lowest BCUT2D eigenvalue weighted by atomic mass is 9.92. The lowest BCUT2D eigenvalue weighted by Crippen LogP contribution is -2.31. The molecule has 1 aromatic heterocycles. The van der Waals surface area contributed by atoms with Crippen LogP contribution in [0.1, 0.15) is 42.1 Å². The van der Waals surface area contributed by atoms with E-state index in [2.05, 4.69) is 21.9 Å². The van der Waals surface area contributed by atoms with Crippen molar-refractivity contribution < 1.29 is 13.6 Å². The molecule has 2 aromatic rings. The van der Waals surface area contributed by atoms with Gasteiger partial charge in [0.15, 0.2) is 0 Å².